The lowest BCUT2D eigenvalue weighted by Crippen LogP contribution is -2.35. The van der Waals surface area contributed by atoms with Crippen molar-refractivity contribution in [2.45, 2.75) is 39.3 Å². The fraction of sp³-hybridized carbons (Fsp3) is 0.471. The van der Waals surface area contributed by atoms with Crippen LogP contribution in [0, 0.1) is 13.8 Å². The molecule has 1 saturated heterocycles. The predicted molar refractivity (Wildman–Crippen MR) is 82.5 cm³/mol. The molecule has 2 heterocycles. The van der Waals surface area contributed by atoms with Crippen LogP contribution >= 0.6 is 0 Å². The highest BCUT2D eigenvalue weighted by Gasteiger charge is 2.18. The number of aliphatic hydroxyl groups is 1. The average Bonchev–Trinajstić information content (AvgIpc) is 2.43. The predicted octanol–water partition coefficient (Wildman–Crippen LogP) is 2.37. The first-order chi connectivity index (χ1) is 10.0. The third kappa shape index (κ3) is 3.01. The van der Waals surface area contributed by atoms with Crippen molar-refractivity contribution >= 4 is 11.0 Å². The Morgan fingerprint density at radius 3 is 2.57 bits per heavy atom. The van der Waals surface area contributed by atoms with Crippen LogP contribution in [0.1, 0.15) is 29.5 Å². The van der Waals surface area contributed by atoms with E-state index in [1.54, 1.807) is 6.07 Å². The Morgan fingerprint density at radius 1 is 1.19 bits per heavy atom. The molecule has 4 heteroatoms. The summed E-state index contributed by atoms with van der Waals surface area (Å²) >= 11 is 0. The number of fused-ring (bicyclic) bond motifs is 1. The summed E-state index contributed by atoms with van der Waals surface area (Å²) in [5.41, 5.74) is 3.71. The fourth-order valence-corrected chi connectivity index (χ4v) is 2.93. The molecule has 1 aromatic carbocycles. The van der Waals surface area contributed by atoms with Crippen LogP contribution in [0.25, 0.3) is 11.0 Å². The van der Waals surface area contributed by atoms with Crippen LogP contribution in [0.3, 0.4) is 0 Å². The number of piperidine rings is 1. The lowest BCUT2D eigenvalue weighted by molar-refractivity contribution is 0.0794. The Balaban J connectivity index is 1.97. The van der Waals surface area contributed by atoms with Gasteiger partial charge in [-0.15, -0.1) is 0 Å². The van der Waals surface area contributed by atoms with Gasteiger partial charge in [0.2, 0.25) is 0 Å². The smallest absolute Gasteiger partial charge is 0.336 e. The molecule has 1 aliphatic heterocycles. The zero-order chi connectivity index (χ0) is 15.0. The number of likely N-dealkylation sites (tertiary alicyclic amines) is 1. The van der Waals surface area contributed by atoms with Crippen molar-refractivity contribution in [1.29, 1.82) is 0 Å². The second-order valence-corrected chi connectivity index (χ2v) is 6.03. The highest BCUT2D eigenvalue weighted by Crippen LogP contribution is 2.23. The van der Waals surface area contributed by atoms with Crippen LogP contribution in [0.15, 0.2) is 27.4 Å². The molecule has 112 valence electrons. The number of aliphatic hydroxyl groups excluding tert-OH is 1. The molecule has 1 N–H and O–H groups in total. The van der Waals surface area contributed by atoms with Gasteiger partial charge in [0.1, 0.15) is 5.58 Å². The van der Waals surface area contributed by atoms with Crippen molar-refractivity contribution in [3.05, 3.63) is 45.3 Å². The van der Waals surface area contributed by atoms with E-state index < -0.39 is 0 Å². The minimum absolute atomic E-state index is 0.177. The molecule has 0 amide bonds. The van der Waals surface area contributed by atoms with Crippen molar-refractivity contribution < 1.29 is 9.52 Å². The average molecular weight is 287 g/mol. The summed E-state index contributed by atoms with van der Waals surface area (Å²) in [6.07, 6.45) is 1.43. The van der Waals surface area contributed by atoms with Gasteiger partial charge in [-0.1, -0.05) is 0 Å². The van der Waals surface area contributed by atoms with Gasteiger partial charge in [-0.05, 0) is 55.5 Å². The van der Waals surface area contributed by atoms with E-state index in [9.17, 15) is 9.90 Å². The van der Waals surface area contributed by atoms with E-state index in [0.717, 1.165) is 49.0 Å². The van der Waals surface area contributed by atoms with Crippen molar-refractivity contribution in [2.24, 2.45) is 0 Å². The second kappa shape index (κ2) is 5.62. The van der Waals surface area contributed by atoms with Crippen LogP contribution in [0.2, 0.25) is 0 Å². The maximum absolute atomic E-state index is 11.8. The molecule has 0 bridgehead atoms. The molecule has 3 rings (SSSR count). The Morgan fingerprint density at radius 2 is 1.86 bits per heavy atom. The van der Waals surface area contributed by atoms with Gasteiger partial charge < -0.3 is 9.52 Å². The maximum atomic E-state index is 11.8. The Bertz CT molecular complexity index is 712. The van der Waals surface area contributed by atoms with Gasteiger partial charge in [-0.2, -0.15) is 0 Å². The highest BCUT2D eigenvalue weighted by atomic mass is 16.4. The third-order valence-corrected chi connectivity index (χ3v) is 4.40. The monoisotopic (exact) mass is 287 g/mol. The summed E-state index contributed by atoms with van der Waals surface area (Å²) in [6, 6.07) is 5.64. The van der Waals surface area contributed by atoms with Crippen LogP contribution in [-0.2, 0) is 6.54 Å². The number of nitrogens with zero attached hydrogens (tertiary/aromatic N) is 1. The zero-order valence-electron chi connectivity index (χ0n) is 12.6. The van der Waals surface area contributed by atoms with Crippen LogP contribution in [-0.4, -0.2) is 29.2 Å². The van der Waals surface area contributed by atoms with Gasteiger partial charge in [-0.3, -0.25) is 4.90 Å². The fourth-order valence-electron chi connectivity index (χ4n) is 2.93. The summed E-state index contributed by atoms with van der Waals surface area (Å²) < 4.78 is 5.33. The lowest BCUT2D eigenvalue weighted by atomic mass is 10.0. The Hall–Kier alpha value is -1.65. The van der Waals surface area contributed by atoms with Crippen molar-refractivity contribution in [3.63, 3.8) is 0 Å². The minimum Gasteiger partial charge on any atom is -0.423 e. The molecule has 0 saturated carbocycles. The molecular formula is C17H21NO3. The molecular weight excluding hydrogens is 266 g/mol. The largest absolute Gasteiger partial charge is 0.423 e. The van der Waals surface area contributed by atoms with Gasteiger partial charge in [0.25, 0.3) is 0 Å². The Kier molecular flexibility index (Phi) is 3.83. The summed E-state index contributed by atoms with van der Waals surface area (Å²) in [5.74, 6) is 0. The van der Waals surface area contributed by atoms with E-state index in [1.165, 1.54) is 5.56 Å². The molecule has 4 nitrogen and oxygen atoms in total. The zero-order valence-corrected chi connectivity index (χ0v) is 12.6. The summed E-state index contributed by atoms with van der Waals surface area (Å²) in [7, 11) is 0. The number of rotatable bonds is 2. The van der Waals surface area contributed by atoms with Gasteiger partial charge in [0.15, 0.2) is 0 Å². The van der Waals surface area contributed by atoms with Gasteiger partial charge >= 0.3 is 5.63 Å². The molecule has 1 aromatic heterocycles. The topological polar surface area (TPSA) is 53.7 Å². The van der Waals surface area contributed by atoms with E-state index in [0.29, 0.717) is 5.58 Å². The van der Waals surface area contributed by atoms with E-state index in [2.05, 4.69) is 17.9 Å². The van der Waals surface area contributed by atoms with Gasteiger partial charge in [0.05, 0.1) is 6.10 Å². The number of hydrogen-bond donors (Lipinski definition) is 1. The normalized spacial score (nSPS) is 17.5. The van der Waals surface area contributed by atoms with E-state index in [4.69, 9.17) is 4.42 Å². The van der Waals surface area contributed by atoms with Gasteiger partial charge in [0, 0.05) is 31.1 Å². The third-order valence-electron chi connectivity index (χ3n) is 4.40. The van der Waals surface area contributed by atoms with E-state index >= 15 is 0 Å². The quantitative estimate of drug-likeness (QED) is 0.862. The van der Waals surface area contributed by atoms with E-state index in [-0.39, 0.29) is 11.7 Å². The number of aryl methyl sites for hydroxylation is 2. The van der Waals surface area contributed by atoms with Crippen molar-refractivity contribution in [1.82, 2.24) is 4.90 Å². The molecule has 1 fully saturated rings. The van der Waals surface area contributed by atoms with Crippen molar-refractivity contribution in [2.75, 3.05) is 13.1 Å². The molecule has 0 spiro atoms. The molecule has 0 radical (unpaired) electrons. The Labute approximate surface area is 124 Å². The second-order valence-electron chi connectivity index (χ2n) is 6.03. The SMILES string of the molecule is Cc1cc2oc(=O)cc(CN3CCC(O)CC3)c2cc1C. The lowest BCUT2D eigenvalue weighted by Gasteiger charge is -2.29. The maximum Gasteiger partial charge on any atom is 0.336 e. The van der Waals surface area contributed by atoms with Crippen molar-refractivity contribution in [3.8, 4) is 0 Å². The van der Waals surface area contributed by atoms with Gasteiger partial charge in [-0.25, -0.2) is 4.79 Å². The molecule has 2 aromatic rings. The molecule has 0 atom stereocenters. The summed E-state index contributed by atoms with van der Waals surface area (Å²) in [5, 5.41) is 10.6. The van der Waals surface area contributed by atoms with Crippen LogP contribution < -0.4 is 5.63 Å². The van der Waals surface area contributed by atoms with Crippen LogP contribution in [0.4, 0.5) is 0 Å². The highest BCUT2D eigenvalue weighted by molar-refractivity contribution is 5.81. The molecule has 21 heavy (non-hydrogen) atoms. The molecule has 0 unspecified atom stereocenters. The minimum atomic E-state index is -0.294. The standard InChI is InChI=1S/C17H21NO3/c1-11-7-15-13(10-18-5-3-14(19)4-6-18)9-17(20)21-16(15)8-12(11)2/h7-9,14,19H,3-6,10H2,1-2H3. The van der Waals surface area contributed by atoms with E-state index in [1.807, 2.05) is 13.0 Å². The number of benzene rings is 1. The first kappa shape index (κ1) is 14.3. The first-order valence-corrected chi connectivity index (χ1v) is 7.47. The first-order valence-electron chi connectivity index (χ1n) is 7.47. The summed E-state index contributed by atoms with van der Waals surface area (Å²) in [6.45, 7) is 6.56. The summed E-state index contributed by atoms with van der Waals surface area (Å²) in [4.78, 5) is 14.1. The number of hydrogen-bond acceptors (Lipinski definition) is 4. The van der Waals surface area contributed by atoms with Crippen LogP contribution in [0.5, 0.6) is 0 Å². The molecule has 1 aliphatic rings. The molecule has 0 aliphatic carbocycles.